The Morgan fingerprint density at radius 3 is 2.60 bits per heavy atom. The summed E-state index contributed by atoms with van der Waals surface area (Å²) in [5.74, 6) is 0.475. The minimum absolute atomic E-state index is 0.0262. The standard InChI is InChI=1S/C20H22N2O3/c1-14(23)17-4-3-5-19(12-17)25-15(2)20(24)22(18-6-7-18)13-16-8-10-21-11-9-16/h3-5,8-12,15,18H,6-7,13H2,1-2H3/t15-/m0/s1. The highest BCUT2D eigenvalue weighted by Crippen LogP contribution is 2.29. The van der Waals surface area contributed by atoms with Crippen molar-refractivity contribution in [1.82, 2.24) is 9.88 Å². The molecule has 0 unspecified atom stereocenters. The Labute approximate surface area is 147 Å². The van der Waals surface area contributed by atoms with Crippen molar-refractivity contribution in [1.29, 1.82) is 0 Å². The minimum Gasteiger partial charge on any atom is -0.481 e. The maximum Gasteiger partial charge on any atom is 0.263 e. The molecule has 1 aromatic heterocycles. The lowest BCUT2D eigenvalue weighted by atomic mass is 10.1. The molecule has 1 fully saturated rings. The molecule has 3 rings (SSSR count). The first-order valence-electron chi connectivity index (χ1n) is 8.51. The van der Waals surface area contributed by atoms with Gasteiger partial charge in [0.25, 0.3) is 5.91 Å². The van der Waals surface area contributed by atoms with Crippen LogP contribution >= 0.6 is 0 Å². The number of hydrogen-bond donors (Lipinski definition) is 0. The molecule has 1 aliphatic rings. The third-order valence-electron chi connectivity index (χ3n) is 4.27. The highest BCUT2D eigenvalue weighted by molar-refractivity contribution is 5.94. The van der Waals surface area contributed by atoms with E-state index in [2.05, 4.69) is 4.98 Å². The highest BCUT2D eigenvalue weighted by atomic mass is 16.5. The quantitative estimate of drug-likeness (QED) is 0.727. The number of ketones is 1. The molecule has 0 spiro atoms. The number of rotatable bonds is 7. The lowest BCUT2D eigenvalue weighted by Gasteiger charge is -2.26. The Kier molecular flexibility index (Phi) is 5.12. The number of pyridine rings is 1. The predicted octanol–water partition coefficient (Wildman–Crippen LogP) is 3.24. The van der Waals surface area contributed by atoms with Crippen molar-refractivity contribution >= 4 is 11.7 Å². The second kappa shape index (κ2) is 7.47. The Morgan fingerprint density at radius 2 is 1.96 bits per heavy atom. The molecule has 0 aliphatic heterocycles. The van der Waals surface area contributed by atoms with E-state index in [1.165, 1.54) is 6.92 Å². The van der Waals surface area contributed by atoms with E-state index >= 15 is 0 Å². The lowest BCUT2D eigenvalue weighted by Crippen LogP contribution is -2.41. The average molecular weight is 338 g/mol. The first kappa shape index (κ1) is 17.1. The van der Waals surface area contributed by atoms with Crippen LogP contribution in [0.3, 0.4) is 0 Å². The number of carbonyl (C=O) groups excluding carboxylic acids is 2. The molecule has 1 atom stereocenters. The van der Waals surface area contributed by atoms with Crippen LogP contribution in [0.5, 0.6) is 5.75 Å². The molecule has 2 aromatic rings. The molecule has 0 saturated heterocycles. The van der Waals surface area contributed by atoms with E-state index in [0.717, 1.165) is 18.4 Å². The van der Waals surface area contributed by atoms with Gasteiger partial charge in [-0.1, -0.05) is 12.1 Å². The fourth-order valence-corrected chi connectivity index (χ4v) is 2.73. The molecule has 0 radical (unpaired) electrons. The lowest BCUT2D eigenvalue weighted by molar-refractivity contribution is -0.139. The van der Waals surface area contributed by atoms with Gasteiger partial charge in [0, 0.05) is 30.5 Å². The fourth-order valence-electron chi connectivity index (χ4n) is 2.73. The zero-order valence-corrected chi connectivity index (χ0v) is 14.5. The third-order valence-corrected chi connectivity index (χ3v) is 4.27. The number of hydrogen-bond acceptors (Lipinski definition) is 4. The van der Waals surface area contributed by atoms with E-state index in [1.807, 2.05) is 17.0 Å². The van der Waals surface area contributed by atoms with Gasteiger partial charge in [0.15, 0.2) is 11.9 Å². The third kappa shape index (κ3) is 4.44. The van der Waals surface area contributed by atoms with Crippen LogP contribution in [0.1, 0.15) is 42.6 Å². The SMILES string of the molecule is CC(=O)c1cccc(O[C@@H](C)C(=O)N(Cc2ccncc2)C2CC2)c1. The van der Waals surface area contributed by atoms with Crippen molar-refractivity contribution in [3.05, 3.63) is 59.9 Å². The molecule has 130 valence electrons. The number of benzene rings is 1. The molecule has 25 heavy (non-hydrogen) atoms. The highest BCUT2D eigenvalue weighted by Gasteiger charge is 2.35. The molecule has 1 aliphatic carbocycles. The summed E-state index contributed by atoms with van der Waals surface area (Å²) in [6.07, 6.45) is 4.92. The van der Waals surface area contributed by atoms with Crippen molar-refractivity contribution < 1.29 is 14.3 Å². The molecular weight excluding hydrogens is 316 g/mol. The van der Waals surface area contributed by atoms with Gasteiger partial charge >= 0.3 is 0 Å². The van der Waals surface area contributed by atoms with E-state index < -0.39 is 6.10 Å². The van der Waals surface area contributed by atoms with Crippen LogP contribution in [0.2, 0.25) is 0 Å². The molecule has 1 aromatic carbocycles. The van der Waals surface area contributed by atoms with Crippen molar-refractivity contribution in [3.63, 3.8) is 0 Å². The zero-order valence-electron chi connectivity index (χ0n) is 14.5. The van der Waals surface area contributed by atoms with Gasteiger partial charge in [0.2, 0.25) is 0 Å². The molecule has 1 heterocycles. The molecular formula is C20H22N2O3. The summed E-state index contributed by atoms with van der Waals surface area (Å²) in [5, 5.41) is 0. The largest absolute Gasteiger partial charge is 0.481 e. The van der Waals surface area contributed by atoms with Gasteiger partial charge in [-0.2, -0.15) is 0 Å². The Hall–Kier alpha value is -2.69. The number of aromatic nitrogens is 1. The first-order chi connectivity index (χ1) is 12.0. The summed E-state index contributed by atoms with van der Waals surface area (Å²) in [4.78, 5) is 30.3. The van der Waals surface area contributed by atoms with Crippen LogP contribution in [0.25, 0.3) is 0 Å². The van der Waals surface area contributed by atoms with E-state index in [9.17, 15) is 9.59 Å². The van der Waals surface area contributed by atoms with Crippen molar-refractivity contribution in [2.75, 3.05) is 0 Å². The Balaban J connectivity index is 1.69. The van der Waals surface area contributed by atoms with Gasteiger partial charge in [-0.25, -0.2) is 0 Å². The topological polar surface area (TPSA) is 59.5 Å². The van der Waals surface area contributed by atoms with Crippen LogP contribution in [-0.2, 0) is 11.3 Å². The van der Waals surface area contributed by atoms with Crippen molar-refractivity contribution in [3.8, 4) is 5.75 Å². The Bertz CT molecular complexity index is 757. The van der Waals surface area contributed by atoms with Gasteiger partial charge < -0.3 is 9.64 Å². The molecule has 0 bridgehead atoms. The predicted molar refractivity (Wildman–Crippen MR) is 94.3 cm³/mol. The fraction of sp³-hybridized carbons (Fsp3) is 0.350. The van der Waals surface area contributed by atoms with Gasteiger partial charge in [-0.05, 0) is 56.5 Å². The van der Waals surface area contributed by atoms with E-state index in [4.69, 9.17) is 4.74 Å². The van der Waals surface area contributed by atoms with Crippen LogP contribution in [0.15, 0.2) is 48.8 Å². The van der Waals surface area contributed by atoms with Gasteiger partial charge in [0.05, 0.1) is 0 Å². The summed E-state index contributed by atoms with van der Waals surface area (Å²) < 4.78 is 5.81. The van der Waals surface area contributed by atoms with Gasteiger partial charge in [-0.15, -0.1) is 0 Å². The number of carbonyl (C=O) groups is 2. The maximum absolute atomic E-state index is 12.9. The smallest absolute Gasteiger partial charge is 0.263 e. The van der Waals surface area contributed by atoms with E-state index in [-0.39, 0.29) is 17.7 Å². The Morgan fingerprint density at radius 1 is 1.24 bits per heavy atom. The first-order valence-corrected chi connectivity index (χ1v) is 8.51. The summed E-state index contributed by atoms with van der Waals surface area (Å²) in [6, 6.07) is 11.1. The number of nitrogens with zero attached hydrogens (tertiary/aromatic N) is 2. The summed E-state index contributed by atoms with van der Waals surface area (Å²) in [7, 11) is 0. The second-order valence-corrected chi connectivity index (χ2v) is 6.40. The van der Waals surface area contributed by atoms with Crippen molar-refractivity contribution in [2.45, 2.75) is 45.4 Å². The van der Waals surface area contributed by atoms with Crippen LogP contribution in [-0.4, -0.2) is 33.7 Å². The monoisotopic (exact) mass is 338 g/mol. The van der Waals surface area contributed by atoms with Gasteiger partial charge in [0.1, 0.15) is 5.75 Å². The van der Waals surface area contributed by atoms with Crippen LogP contribution in [0, 0.1) is 0 Å². The second-order valence-electron chi connectivity index (χ2n) is 6.40. The van der Waals surface area contributed by atoms with E-state index in [1.54, 1.807) is 43.6 Å². The number of ether oxygens (including phenoxy) is 1. The number of amides is 1. The van der Waals surface area contributed by atoms with E-state index in [0.29, 0.717) is 17.9 Å². The van der Waals surface area contributed by atoms with Crippen molar-refractivity contribution in [2.24, 2.45) is 0 Å². The summed E-state index contributed by atoms with van der Waals surface area (Å²) >= 11 is 0. The summed E-state index contributed by atoms with van der Waals surface area (Å²) in [5.41, 5.74) is 1.63. The molecule has 5 heteroatoms. The van der Waals surface area contributed by atoms with Gasteiger partial charge in [-0.3, -0.25) is 14.6 Å². The van der Waals surface area contributed by atoms with Crippen LogP contribution < -0.4 is 4.74 Å². The minimum atomic E-state index is -0.607. The van der Waals surface area contributed by atoms with Crippen LogP contribution in [0.4, 0.5) is 0 Å². The molecule has 5 nitrogen and oxygen atoms in total. The average Bonchev–Trinajstić information content (AvgIpc) is 3.45. The normalized spacial score (nSPS) is 14.6. The molecule has 1 saturated carbocycles. The maximum atomic E-state index is 12.9. The zero-order chi connectivity index (χ0) is 17.8. The molecule has 1 amide bonds. The number of Topliss-reactive ketones (excluding diaryl/α,β-unsaturated/α-hetero) is 1. The summed E-state index contributed by atoms with van der Waals surface area (Å²) in [6.45, 7) is 3.83. The molecule has 0 N–H and O–H groups in total.